The zero-order valence-corrected chi connectivity index (χ0v) is 15.8. The predicted octanol–water partition coefficient (Wildman–Crippen LogP) is 4.52. The van der Waals surface area contributed by atoms with Gasteiger partial charge in [-0.1, -0.05) is 0 Å². The van der Waals surface area contributed by atoms with Gasteiger partial charge in [0.2, 0.25) is 0 Å². The number of aryl methyl sites for hydroxylation is 1. The van der Waals surface area contributed by atoms with Crippen molar-refractivity contribution >= 4 is 5.65 Å². The number of nitrogens with zero attached hydrogens (tertiary/aromatic N) is 5. The molecule has 1 unspecified atom stereocenters. The molecule has 0 saturated heterocycles. The van der Waals surface area contributed by atoms with Gasteiger partial charge in [-0.3, -0.25) is 0 Å². The van der Waals surface area contributed by atoms with E-state index in [1.165, 1.54) is 0 Å². The van der Waals surface area contributed by atoms with Crippen molar-refractivity contribution in [3.8, 4) is 28.7 Å². The highest BCUT2D eigenvalue weighted by Gasteiger charge is 2.32. The van der Waals surface area contributed by atoms with Gasteiger partial charge in [0.1, 0.15) is 23.6 Å². The van der Waals surface area contributed by atoms with E-state index in [0.717, 1.165) is 29.7 Å². The van der Waals surface area contributed by atoms with Gasteiger partial charge < -0.3 is 8.82 Å². The third-order valence-corrected chi connectivity index (χ3v) is 5.19. The molecule has 5 rings (SSSR count). The van der Waals surface area contributed by atoms with Gasteiger partial charge >= 0.3 is 0 Å². The Labute approximate surface area is 166 Å². The molecule has 1 aliphatic rings. The molecule has 6 nitrogen and oxygen atoms in total. The standard InChI is InChI=1S/C22H18FN5O/c1-13-12-28-7-6-15(8-20(28)26-13)22-17(5-4-16(10-24)27-22)19-11-25-21(29-19)9-18(23)14-2-3-14/h4-8,11-12,14,18H,2-3,9H2,1H3. The van der Waals surface area contributed by atoms with E-state index in [9.17, 15) is 9.65 Å². The predicted molar refractivity (Wildman–Crippen MR) is 105 cm³/mol. The summed E-state index contributed by atoms with van der Waals surface area (Å²) in [6.45, 7) is 1.93. The SMILES string of the molecule is Cc1cn2ccc(-c3nc(C#N)ccc3-c3cnc(CC(F)C4CC4)o3)cc2n1. The minimum absolute atomic E-state index is 0.141. The molecule has 29 heavy (non-hydrogen) atoms. The lowest BCUT2D eigenvalue weighted by molar-refractivity contribution is 0.276. The molecule has 1 saturated carbocycles. The average molecular weight is 387 g/mol. The van der Waals surface area contributed by atoms with Crippen molar-refractivity contribution in [2.75, 3.05) is 0 Å². The molecule has 0 aliphatic heterocycles. The van der Waals surface area contributed by atoms with Gasteiger partial charge in [-0.05, 0) is 49.9 Å². The van der Waals surface area contributed by atoms with Crippen LogP contribution in [0.5, 0.6) is 0 Å². The first-order chi connectivity index (χ1) is 14.1. The number of aromatic nitrogens is 4. The first-order valence-electron chi connectivity index (χ1n) is 9.57. The van der Waals surface area contributed by atoms with Crippen LogP contribution < -0.4 is 0 Å². The Hall–Kier alpha value is -3.53. The van der Waals surface area contributed by atoms with E-state index in [4.69, 9.17) is 4.42 Å². The highest BCUT2D eigenvalue weighted by atomic mass is 19.1. The van der Waals surface area contributed by atoms with Crippen molar-refractivity contribution in [2.24, 2.45) is 5.92 Å². The fraction of sp³-hybridized carbons (Fsp3) is 0.273. The van der Waals surface area contributed by atoms with Crippen LogP contribution in [0.1, 0.15) is 30.1 Å². The van der Waals surface area contributed by atoms with Gasteiger partial charge in [0.25, 0.3) is 0 Å². The maximum absolute atomic E-state index is 14.1. The summed E-state index contributed by atoms with van der Waals surface area (Å²) in [5.41, 5.74) is 4.14. The molecule has 0 radical (unpaired) electrons. The minimum atomic E-state index is -0.911. The van der Waals surface area contributed by atoms with Crippen molar-refractivity contribution in [1.29, 1.82) is 5.26 Å². The van der Waals surface area contributed by atoms with E-state index in [1.54, 1.807) is 18.3 Å². The Morgan fingerprint density at radius 3 is 2.97 bits per heavy atom. The third kappa shape index (κ3) is 3.38. The number of hydrogen-bond donors (Lipinski definition) is 0. The minimum Gasteiger partial charge on any atom is -0.441 e. The van der Waals surface area contributed by atoms with Gasteiger partial charge in [0, 0.05) is 23.5 Å². The lowest BCUT2D eigenvalue weighted by atomic mass is 10.0. The summed E-state index contributed by atoms with van der Waals surface area (Å²) in [5, 5.41) is 9.30. The Balaban J connectivity index is 1.56. The second-order valence-corrected chi connectivity index (χ2v) is 7.44. The summed E-state index contributed by atoms with van der Waals surface area (Å²) in [7, 11) is 0. The monoisotopic (exact) mass is 387 g/mol. The molecule has 0 aromatic carbocycles. The Morgan fingerprint density at radius 2 is 2.17 bits per heavy atom. The van der Waals surface area contributed by atoms with E-state index in [1.807, 2.05) is 35.9 Å². The summed E-state index contributed by atoms with van der Waals surface area (Å²) in [5.74, 6) is 1.03. The van der Waals surface area contributed by atoms with E-state index in [-0.39, 0.29) is 12.3 Å². The van der Waals surface area contributed by atoms with Gasteiger partial charge in [0.05, 0.1) is 24.0 Å². The quantitative estimate of drug-likeness (QED) is 0.503. The van der Waals surface area contributed by atoms with Gasteiger partial charge in [-0.25, -0.2) is 19.3 Å². The second kappa shape index (κ2) is 6.82. The lowest BCUT2D eigenvalue weighted by Gasteiger charge is -2.08. The van der Waals surface area contributed by atoms with Crippen LogP contribution >= 0.6 is 0 Å². The van der Waals surface area contributed by atoms with Crippen LogP contribution in [-0.2, 0) is 6.42 Å². The number of nitriles is 1. The third-order valence-electron chi connectivity index (χ3n) is 5.19. The number of hydrogen-bond acceptors (Lipinski definition) is 5. The molecule has 0 spiro atoms. The van der Waals surface area contributed by atoms with Crippen LogP contribution in [0.3, 0.4) is 0 Å². The number of imidazole rings is 1. The summed E-state index contributed by atoms with van der Waals surface area (Å²) >= 11 is 0. The molecule has 1 atom stereocenters. The van der Waals surface area contributed by atoms with E-state index in [2.05, 4.69) is 21.0 Å². The molecular formula is C22H18FN5O. The zero-order chi connectivity index (χ0) is 20.0. The second-order valence-electron chi connectivity index (χ2n) is 7.44. The summed E-state index contributed by atoms with van der Waals surface area (Å²) < 4.78 is 21.9. The Bertz CT molecular complexity index is 1250. The van der Waals surface area contributed by atoms with E-state index >= 15 is 0 Å². The fourth-order valence-electron chi connectivity index (χ4n) is 3.52. The smallest absolute Gasteiger partial charge is 0.197 e. The number of halogens is 1. The number of oxazole rings is 1. The Morgan fingerprint density at radius 1 is 1.31 bits per heavy atom. The van der Waals surface area contributed by atoms with Crippen LogP contribution in [0.2, 0.25) is 0 Å². The van der Waals surface area contributed by atoms with Crippen molar-refractivity contribution in [1.82, 2.24) is 19.4 Å². The molecule has 0 bridgehead atoms. The molecule has 4 heterocycles. The van der Waals surface area contributed by atoms with Crippen molar-refractivity contribution < 1.29 is 8.81 Å². The highest BCUT2D eigenvalue weighted by Crippen LogP contribution is 2.37. The maximum Gasteiger partial charge on any atom is 0.197 e. The summed E-state index contributed by atoms with van der Waals surface area (Å²) in [6, 6.07) is 9.35. The first-order valence-corrected chi connectivity index (χ1v) is 9.57. The van der Waals surface area contributed by atoms with Crippen LogP contribution in [0.15, 0.2) is 47.3 Å². The average Bonchev–Trinajstić information content (AvgIpc) is 3.37. The molecule has 1 fully saturated rings. The number of pyridine rings is 2. The fourth-order valence-corrected chi connectivity index (χ4v) is 3.52. The van der Waals surface area contributed by atoms with E-state index < -0.39 is 6.17 Å². The Kier molecular flexibility index (Phi) is 4.13. The molecule has 4 aromatic heterocycles. The van der Waals surface area contributed by atoms with Crippen LogP contribution in [0.4, 0.5) is 4.39 Å². The molecule has 0 N–H and O–H groups in total. The molecule has 7 heteroatoms. The molecular weight excluding hydrogens is 369 g/mol. The number of fused-ring (bicyclic) bond motifs is 1. The van der Waals surface area contributed by atoms with Crippen LogP contribution in [0, 0.1) is 24.2 Å². The first kappa shape index (κ1) is 17.6. The molecule has 1 aliphatic carbocycles. The number of alkyl halides is 1. The maximum atomic E-state index is 14.1. The largest absolute Gasteiger partial charge is 0.441 e. The van der Waals surface area contributed by atoms with E-state index in [0.29, 0.717) is 28.6 Å². The van der Waals surface area contributed by atoms with Crippen molar-refractivity contribution in [2.45, 2.75) is 32.4 Å². The summed E-state index contributed by atoms with van der Waals surface area (Å²) in [4.78, 5) is 13.3. The zero-order valence-electron chi connectivity index (χ0n) is 15.8. The highest BCUT2D eigenvalue weighted by molar-refractivity contribution is 5.79. The molecule has 4 aromatic rings. The lowest BCUT2D eigenvalue weighted by Crippen LogP contribution is -2.06. The van der Waals surface area contributed by atoms with Gasteiger partial charge in [-0.2, -0.15) is 5.26 Å². The van der Waals surface area contributed by atoms with Crippen LogP contribution in [0.25, 0.3) is 28.2 Å². The van der Waals surface area contributed by atoms with Crippen molar-refractivity contribution in [3.05, 3.63) is 60.1 Å². The van der Waals surface area contributed by atoms with Gasteiger partial charge in [-0.15, -0.1) is 0 Å². The van der Waals surface area contributed by atoms with Gasteiger partial charge in [0.15, 0.2) is 11.7 Å². The summed E-state index contributed by atoms with van der Waals surface area (Å²) in [6.07, 6.45) is 6.59. The van der Waals surface area contributed by atoms with Crippen molar-refractivity contribution in [3.63, 3.8) is 0 Å². The van der Waals surface area contributed by atoms with Crippen LogP contribution in [-0.4, -0.2) is 25.5 Å². The molecule has 144 valence electrons. The number of rotatable bonds is 5. The normalized spacial score (nSPS) is 14.8. The topological polar surface area (TPSA) is 80.0 Å². The molecule has 0 amide bonds.